The molecule has 0 radical (unpaired) electrons. The van der Waals surface area contributed by atoms with Crippen LogP contribution in [0.3, 0.4) is 0 Å². The fourth-order valence-electron chi connectivity index (χ4n) is 2.40. The van der Waals surface area contributed by atoms with Crippen LogP contribution >= 0.6 is 11.3 Å². The number of fused-ring (bicyclic) bond motifs is 1. The zero-order valence-electron chi connectivity index (χ0n) is 14.4. The summed E-state index contributed by atoms with van der Waals surface area (Å²) < 4.78 is 0. The lowest BCUT2D eigenvalue weighted by molar-refractivity contribution is 0.252. The van der Waals surface area contributed by atoms with Crippen molar-refractivity contribution in [3.8, 4) is 10.6 Å². The standard InChI is InChI=1S/C18H21N5OS/c1-3-4-5-10-19-18(24)23-16-9-7-13-17(22-16)21-14(11-20-13)15-8-6-12(2)25-15/h6-9,11H,3-5,10H2,1-2H3,(H2,19,21,22,23,24). The minimum atomic E-state index is -0.249. The normalized spacial score (nSPS) is 10.8. The second-order valence-electron chi connectivity index (χ2n) is 5.79. The summed E-state index contributed by atoms with van der Waals surface area (Å²) in [6.45, 7) is 4.85. The quantitative estimate of drug-likeness (QED) is 0.643. The van der Waals surface area contributed by atoms with Crippen LogP contribution in [0.1, 0.15) is 31.1 Å². The van der Waals surface area contributed by atoms with Crippen molar-refractivity contribution in [1.82, 2.24) is 20.3 Å². The molecule has 3 aromatic heterocycles. The van der Waals surface area contributed by atoms with Crippen LogP contribution in [-0.4, -0.2) is 27.5 Å². The summed E-state index contributed by atoms with van der Waals surface area (Å²) in [5.74, 6) is 0.467. The number of rotatable bonds is 6. The zero-order valence-corrected chi connectivity index (χ0v) is 15.2. The summed E-state index contributed by atoms with van der Waals surface area (Å²) in [6, 6.07) is 7.38. The van der Waals surface area contributed by atoms with Gasteiger partial charge in [-0.1, -0.05) is 19.8 Å². The van der Waals surface area contributed by atoms with E-state index in [1.165, 1.54) is 4.88 Å². The Labute approximate surface area is 150 Å². The van der Waals surface area contributed by atoms with Gasteiger partial charge in [0.05, 0.1) is 11.1 Å². The lowest BCUT2D eigenvalue weighted by atomic mass is 10.2. The van der Waals surface area contributed by atoms with Crippen molar-refractivity contribution in [3.63, 3.8) is 0 Å². The molecule has 0 saturated heterocycles. The van der Waals surface area contributed by atoms with Crippen LogP contribution < -0.4 is 10.6 Å². The van der Waals surface area contributed by atoms with Crippen LogP contribution in [-0.2, 0) is 0 Å². The van der Waals surface area contributed by atoms with Crippen molar-refractivity contribution in [1.29, 1.82) is 0 Å². The summed E-state index contributed by atoms with van der Waals surface area (Å²) >= 11 is 1.67. The van der Waals surface area contributed by atoms with E-state index in [4.69, 9.17) is 0 Å². The molecule has 3 heterocycles. The summed E-state index contributed by atoms with van der Waals surface area (Å²) in [7, 11) is 0. The van der Waals surface area contributed by atoms with Crippen molar-refractivity contribution < 1.29 is 4.79 Å². The Balaban J connectivity index is 1.73. The van der Waals surface area contributed by atoms with Gasteiger partial charge >= 0.3 is 6.03 Å². The molecule has 7 heteroatoms. The van der Waals surface area contributed by atoms with E-state index in [1.807, 2.05) is 12.1 Å². The van der Waals surface area contributed by atoms with E-state index in [0.29, 0.717) is 23.5 Å². The van der Waals surface area contributed by atoms with Gasteiger partial charge in [0.15, 0.2) is 5.65 Å². The molecule has 0 aliphatic heterocycles. The highest BCUT2D eigenvalue weighted by Gasteiger charge is 2.08. The van der Waals surface area contributed by atoms with Gasteiger partial charge in [-0.2, -0.15) is 0 Å². The predicted molar refractivity (Wildman–Crippen MR) is 102 cm³/mol. The SMILES string of the molecule is CCCCCNC(=O)Nc1ccc2ncc(-c3ccc(C)s3)nc2n1. The lowest BCUT2D eigenvalue weighted by Gasteiger charge is -2.07. The van der Waals surface area contributed by atoms with Crippen LogP contribution in [0, 0.1) is 6.92 Å². The first-order valence-electron chi connectivity index (χ1n) is 8.41. The molecule has 0 aromatic carbocycles. The van der Waals surface area contributed by atoms with Crippen LogP contribution in [0.15, 0.2) is 30.5 Å². The van der Waals surface area contributed by atoms with Crippen LogP contribution in [0.2, 0.25) is 0 Å². The number of aryl methyl sites for hydroxylation is 1. The maximum atomic E-state index is 11.9. The number of hydrogen-bond donors (Lipinski definition) is 2. The Morgan fingerprint density at radius 3 is 2.80 bits per heavy atom. The Morgan fingerprint density at radius 1 is 1.16 bits per heavy atom. The molecule has 0 bridgehead atoms. The molecular formula is C18H21N5OS. The fraction of sp³-hybridized carbons (Fsp3) is 0.333. The highest BCUT2D eigenvalue weighted by Crippen LogP contribution is 2.26. The number of pyridine rings is 1. The third kappa shape index (κ3) is 4.51. The van der Waals surface area contributed by atoms with Gasteiger partial charge in [0.2, 0.25) is 0 Å². The largest absolute Gasteiger partial charge is 0.338 e. The monoisotopic (exact) mass is 355 g/mol. The number of nitrogens with one attached hydrogen (secondary N) is 2. The maximum absolute atomic E-state index is 11.9. The first-order valence-corrected chi connectivity index (χ1v) is 9.23. The third-order valence-electron chi connectivity index (χ3n) is 3.71. The number of carbonyl (C=O) groups is 1. The third-order valence-corrected chi connectivity index (χ3v) is 4.73. The van der Waals surface area contributed by atoms with E-state index in [2.05, 4.69) is 45.5 Å². The lowest BCUT2D eigenvalue weighted by Crippen LogP contribution is -2.29. The first-order chi connectivity index (χ1) is 12.2. The van der Waals surface area contributed by atoms with E-state index in [-0.39, 0.29) is 6.03 Å². The highest BCUT2D eigenvalue weighted by molar-refractivity contribution is 7.15. The van der Waals surface area contributed by atoms with Gasteiger partial charge < -0.3 is 5.32 Å². The first kappa shape index (κ1) is 17.3. The molecule has 25 heavy (non-hydrogen) atoms. The van der Waals surface area contributed by atoms with Crippen LogP contribution in [0.25, 0.3) is 21.7 Å². The van der Waals surface area contributed by atoms with Gasteiger partial charge in [-0.15, -0.1) is 11.3 Å². The van der Waals surface area contributed by atoms with E-state index in [9.17, 15) is 4.79 Å². The van der Waals surface area contributed by atoms with E-state index < -0.39 is 0 Å². The summed E-state index contributed by atoms with van der Waals surface area (Å²) in [5.41, 5.74) is 2.01. The molecule has 0 spiro atoms. The molecule has 2 amide bonds. The van der Waals surface area contributed by atoms with Gasteiger partial charge in [0.1, 0.15) is 17.0 Å². The van der Waals surface area contributed by atoms with Gasteiger partial charge in [-0.25, -0.2) is 14.8 Å². The molecule has 0 fully saturated rings. The molecule has 0 unspecified atom stereocenters. The molecule has 6 nitrogen and oxygen atoms in total. The Morgan fingerprint density at radius 2 is 2.04 bits per heavy atom. The predicted octanol–water partition coefficient (Wildman–Crippen LogP) is 4.37. The molecule has 0 saturated carbocycles. The molecule has 2 N–H and O–H groups in total. The van der Waals surface area contributed by atoms with Gasteiger partial charge in [-0.3, -0.25) is 10.3 Å². The topological polar surface area (TPSA) is 79.8 Å². The molecule has 0 aliphatic carbocycles. The average molecular weight is 355 g/mol. The second-order valence-corrected chi connectivity index (χ2v) is 7.08. The van der Waals surface area contributed by atoms with Gasteiger partial charge in [-0.05, 0) is 37.6 Å². The molecular weight excluding hydrogens is 334 g/mol. The highest BCUT2D eigenvalue weighted by atomic mass is 32.1. The number of urea groups is 1. The number of amides is 2. The Bertz CT molecular complexity index is 877. The van der Waals surface area contributed by atoms with Crippen molar-refractivity contribution >= 4 is 34.3 Å². The Kier molecular flexibility index (Phi) is 5.55. The van der Waals surface area contributed by atoms with Gasteiger partial charge in [0.25, 0.3) is 0 Å². The Hall–Kier alpha value is -2.54. The smallest absolute Gasteiger partial charge is 0.320 e. The fourth-order valence-corrected chi connectivity index (χ4v) is 3.22. The number of carbonyl (C=O) groups excluding carboxylic acids is 1. The number of unbranched alkanes of at least 4 members (excludes halogenated alkanes) is 2. The van der Waals surface area contributed by atoms with Crippen LogP contribution in [0.4, 0.5) is 10.6 Å². The van der Waals surface area contributed by atoms with E-state index in [1.54, 1.807) is 23.6 Å². The molecule has 130 valence electrons. The van der Waals surface area contributed by atoms with Crippen molar-refractivity contribution in [2.45, 2.75) is 33.1 Å². The van der Waals surface area contributed by atoms with Gasteiger partial charge in [0, 0.05) is 11.4 Å². The summed E-state index contributed by atoms with van der Waals surface area (Å²) in [5, 5.41) is 5.58. The molecule has 0 aliphatic rings. The number of hydrogen-bond acceptors (Lipinski definition) is 5. The van der Waals surface area contributed by atoms with E-state index in [0.717, 1.165) is 29.8 Å². The van der Waals surface area contributed by atoms with Crippen molar-refractivity contribution in [2.24, 2.45) is 0 Å². The minimum Gasteiger partial charge on any atom is -0.338 e. The summed E-state index contributed by atoms with van der Waals surface area (Å²) in [4.78, 5) is 27.6. The van der Waals surface area contributed by atoms with Crippen LogP contribution in [0.5, 0.6) is 0 Å². The molecule has 3 aromatic rings. The van der Waals surface area contributed by atoms with Crippen molar-refractivity contribution in [3.05, 3.63) is 35.3 Å². The number of aromatic nitrogens is 3. The number of nitrogens with zero attached hydrogens (tertiary/aromatic N) is 3. The number of anilines is 1. The minimum absolute atomic E-state index is 0.249. The summed E-state index contributed by atoms with van der Waals surface area (Å²) in [6.07, 6.45) is 4.96. The number of thiophene rings is 1. The average Bonchev–Trinajstić information content (AvgIpc) is 3.04. The van der Waals surface area contributed by atoms with E-state index >= 15 is 0 Å². The van der Waals surface area contributed by atoms with Crippen molar-refractivity contribution in [2.75, 3.05) is 11.9 Å². The molecule has 0 atom stereocenters. The molecule has 3 rings (SSSR count). The zero-order chi connectivity index (χ0) is 17.6. The maximum Gasteiger partial charge on any atom is 0.320 e. The second kappa shape index (κ2) is 8.02.